The fourth-order valence-corrected chi connectivity index (χ4v) is 3.13. The molecule has 0 saturated heterocycles. The second-order valence-electron chi connectivity index (χ2n) is 7.05. The molecule has 0 heterocycles. The predicted molar refractivity (Wildman–Crippen MR) is 119 cm³/mol. The van der Waals surface area contributed by atoms with Crippen molar-refractivity contribution in [1.29, 1.82) is 0 Å². The van der Waals surface area contributed by atoms with Crippen molar-refractivity contribution < 1.29 is 28.5 Å². The van der Waals surface area contributed by atoms with Crippen LogP contribution in [0.3, 0.4) is 0 Å². The van der Waals surface area contributed by atoms with E-state index in [2.05, 4.69) is 0 Å². The Morgan fingerprint density at radius 2 is 1.22 bits per heavy atom. The number of hydrogen-bond donors (Lipinski definition) is 0. The molecule has 6 nitrogen and oxygen atoms in total. The van der Waals surface area contributed by atoms with E-state index in [1.165, 1.54) is 0 Å². The Kier molecular flexibility index (Phi) is 9.45. The van der Waals surface area contributed by atoms with E-state index in [1.807, 2.05) is 91.0 Å². The van der Waals surface area contributed by atoms with E-state index in [9.17, 15) is 9.59 Å². The Morgan fingerprint density at radius 3 is 1.75 bits per heavy atom. The minimum atomic E-state index is -1.03. The molecule has 0 saturated carbocycles. The monoisotopic (exact) mass is 434 g/mol. The summed E-state index contributed by atoms with van der Waals surface area (Å²) in [6, 6.07) is 28.2. The van der Waals surface area contributed by atoms with Crippen LogP contribution in [0.2, 0.25) is 0 Å². The smallest absolute Gasteiger partial charge is 0.293 e. The lowest BCUT2D eigenvalue weighted by atomic mass is 10.1. The minimum absolute atomic E-state index is 0.0639. The molecule has 0 radical (unpaired) electrons. The van der Waals surface area contributed by atoms with Gasteiger partial charge in [-0.25, -0.2) is 0 Å². The van der Waals surface area contributed by atoms with Crippen LogP contribution >= 0.6 is 0 Å². The van der Waals surface area contributed by atoms with Crippen molar-refractivity contribution in [3.05, 3.63) is 102 Å². The molecule has 0 aliphatic rings. The highest BCUT2D eigenvalue weighted by molar-refractivity contribution is 5.58. The standard InChI is InChI=1S/C26H26O6/c27-16-24(30-17-21-10-4-1-5-11-21)26(32-20-28)25(19-29-23-14-8-3-9-15-23)31-18-22-12-6-2-7-13-22/h1-16,20,24-26H,17-19H2/t24-,25-,26+/m1/s1. The zero-order chi connectivity index (χ0) is 22.4. The summed E-state index contributed by atoms with van der Waals surface area (Å²) >= 11 is 0. The van der Waals surface area contributed by atoms with E-state index >= 15 is 0 Å². The average molecular weight is 434 g/mol. The quantitative estimate of drug-likeness (QED) is 0.358. The zero-order valence-electron chi connectivity index (χ0n) is 17.6. The lowest BCUT2D eigenvalue weighted by Crippen LogP contribution is -2.46. The number of carbonyl (C=O) groups excluding carboxylic acids is 2. The third kappa shape index (κ3) is 7.34. The summed E-state index contributed by atoms with van der Waals surface area (Å²) in [5, 5.41) is 0. The van der Waals surface area contributed by atoms with Gasteiger partial charge in [0.2, 0.25) is 0 Å². The second kappa shape index (κ2) is 13.0. The molecule has 3 aromatic rings. The van der Waals surface area contributed by atoms with E-state index < -0.39 is 18.3 Å². The van der Waals surface area contributed by atoms with Crippen LogP contribution in [0.25, 0.3) is 0 Å². The molecule has 3 aromatic carbocycles. The first-order valence-electron chi connectivity index (χ1n) is 10.3. The molecule has 166 valence electrons. The lowest BCUT2D eigenvalue weighted by molar-refractivity contribution is -0.167. The van der Waals surface area contributed by atoms with Gasteiger partial charge in [0.25, 0.3) is 6.47 Å². The van der Waals surface area contributed by atoms with Crippen LogP contribution in [0.4, 0.5) is 0 Å². The maximum Gasteiger partial charge on any atom is 0.293 e. The van der Waals surface area contributed by atoms with Crippen LogP contribution < -0.4 is 4.74 Å². The number of para-hydroxylation sites is 1. The first-order chi connectivity index (χ1) is 15.8. The molecule has 0 bridgehead atoms. The third-order valence-electron chi connectivity index (χ3n) is 4.79. The molecule has 0 aliphatic carbocycles. The minimum Gasteiger partial charge on any atom is -0.491 e. The van der Waals surface area contributed by atoms with Crippen LogP contribution in [0.15, 0.2) is 91.0 Å². The van der Waals surface area contributed by atoms with Crippen LogP contribution in [0, 0.1) is 0 Å². The Hall–Kier alpha value is -3.48. The zero-order valence-corrected chi connectivity index (χ0v) is 17.6. The number of benzene rings is 3. The molecule has 0 N–H and O–H groups in total. The van der Waals surface area contributed by atoms with Gasteiger partial charge in [0, 0.05) is 0 Å². The van der Waals surface area contributed by atoms with Crippen LogP contribution in [-0.4, -0.2) is 37.7 Å². The molecular weight excluding hydrogens is 408 g/mol. The first-order valence-corrected chi connectivity index (χ1v) is 10.3. The van der Waals surface area contributed by atoms with Gasteiger partial charge in [-0.05, 0) is 23.3 Å². The molecule has 0 aromatic heterocycles. The number of hydrogen-bond acceptors (Lipinski definition) is 6. The van der Waals surface area contributed by atoms with E-state index in [1.54, 1.807) is 0 Å². The second-order valence-corrected chi connectivity index (χ2v) is 7.05. The number of ether oxygens (including phenoxy) is 4. The molecule has 3 atom stereocenters. The van der Waals surface area contributed by atoms with Crippen molar-refractivity contribution in [2.24, 2.45) is 0 Å². The Balaban J connectivity index is 1.73. The fraction of sp³-hybridized carbons (Fsp3) is 0.231. The number of carbonyl (C=O) groups is 2. The molecule has 0 unspecified atom stereocenters. The Labute approximate surface area is 187 Å². The summed E-state index contributed by atoms with van der Waals surface area (Å²) in [4.78, 5) is 23.2. The first kappa shape index (κ1) is 23.2. The van der Waals surface area contributed by atoms with Crippen molar-refractivity contribution in [2.75, 3.05) is 6.61 Å². The highest BCUT2D eigenvalue weighted by atomic mass is 16.6. The van der Waals surface area contributed by atoms with Crippen LogP contribution in [-0.2, 0) is 37.0 Å². The molecule has 3 rings (SSSR count). The fourth-order valence-electron chi connectivity index (χ4n) is 3.13. The molecule has 0 spiro atoms. The van der Waals surface area contributed by atoms with Gasteiger partial charge in [-0.2, -0.15) is 0 Å². The molecule has 32 heavy (non-hydrogen) atoms. The van der Waals surface area contributed by atoms with Gasteiger partial charge in [-0.15, -0.1) is 0 Å². The lowest BCUT2D eigenvalue weighted by Gasteiger charge is -2.29. The highest BCUT2D eigenvalue weighted by Gasteiger charge is 2.34. The van der Waals surface area contributed by atoms with Gasteiger partial charge in [-0.3, -0.25) is 4.79 Å². The third-order valence-corrected chi connectivity index (χ3v) is 4.79. The van der Waals surface area contributed by atoms with Gasteiger partial charge >= 0.3 is 0 Å². The summed E-state index contributed by atoms with van der Waals surface area (Å²) < 4.78 is 23.0. The SMILES string of the molecule is O=CO[C@@H]([C@@H](C=O)OCc1ccccc1)[C@@H](COc1ccccc1)OCc1ccccc1. The average Bonchev–Trinajstić information content (AvgIpc) is 2.86. The molecule has 6 heteroatoms. The summed E-state index contributed by atoms with van der Waals surface area (Å²) in [5.41, 5.74) is 1.83. The topological polar surface area (TPSA) is 71.1 Å². The van der Waals surface area contributed by atoms with Crippen molar-refractivity contribution in [1.82, 2.24) is 0 Å². The van der Waals surface area contributed by atoms with Crippen molar-refractivity contribution >= 4 is 12.8 Å². The van der Waals surface area contributed by atoms with Crippen molar-refractivity contribution in [2.45, 2.75) is 31.5 Å². The maximum absolute atomic E-state index is 11.9. The Bertz CT molecular complexity index is 873. The molecule has 0 fully saturated rings. The van der Waals surface area contributed by atoms with E-state index in [4.69, 9.17) is 18.9 Å². The maximum atomic E-state index is 11.9. The van der Waals surface area contributed by atoms with Gasteiger partial charge < -0.3 is 23.7 Å². The predicted octanol–water partition coefficient (Wildman–Crippen LogP) is 3.98. The summed E-state index contributed by atoms with van der Waals surface area (Å²) in [6.45, 7) is 0.809. The van der Waals surface area contributed by atoms with Gasteiger partial charge in [0.15, 0.2) is 18.5 Å². The summed E-state index contributed by atoms with van der Waals surface area (Å²) in [5.74, 6) is 0.638. The summed E-state index contributed by atoms with van der Waals surface area (Å²) in [6.07, 6.45) is -2.13. The molecule has 0 aliphatic heterocycles. The normalized spacial score (nSPS) is 13.5. The van der Waals surface area contributed by atoms with Crippen LogP contribution in [0.1, 0.15) is 11.1 Å². The largest absolute Gasteiger partial charge is 0.491 e. The van der Waals surface area contributed by atoms with Gasteiger partial charge in [0.05, 0.1) is 13.2 Å². The van der Waals surface area contributed by atoms with E-state index in [-0.39, 0.29) is 19.8 Å². The summed E-state index contributed by atoms with van der Waals surface area (Å²) in [7, 11) is 0. The van der Waals surface area contributed by atoms with Crippen molar-refractivity contribution in [3.8, 4) is 5.75 Å². The molecule has 0 amide bonds. The van der Waals surface area contributed by atoms with Crippen LogP contribution in [0.5, 0.6) is 5.75 Å². The number of aldehydes is 1. The Morgan fingerprint density at radius 1 is 0.688 bits per heavy atom. The van der Waals surface area contributed by atoms with Gasteiger partial charge in [-0.1, -0.05) is 78.9 Å². The number of rotatable bonds is 14. The van der Waals surface area contributed by atoms with E-state index in [0.29, 0.717) is 18.5 Å². The molecular formula is C26H26O6. The van der Waals surface area contributed by atoms with E-state index in [0.717, 1.165) is 11.1 Å². The highest BCUT2D eigenvalue weighted by Crippen LogP contribution is 2.17. The van der Waals surface area contributed by atoms with Gasteiger partial charge in [0.1, 0.15) is 18.5 Å². The van der Waals surface area contributed by atoms with Crippen molar-refractivity contribution in [3.63, 3.8) is 0 Å².